The number of aromatic nitrogens is 1. The van der Waals surface area contributed by atoms with Crippen LogP contribution in [-0.2, 0) is 14.8 Å². The van der Waals surface area contributed by atoms with Crippen molar-refractivity contribution >= 4 is 10.0 Å². The maximum atomic E-state index is 11.0. The zero-order chi connectivity index (χ0) is 13.8. The van der Waals surface area contributed by atoms with Gasteiger partial charge in [-0.3, -0.25) is 0 Å². The number of nitrogens with zero attached hydrogens (tertiary/aromatic N) is 1. The molecule has 102 valence electrons. The second-order valence-electron chi connectivity index (χ2n) is 4.44. The van der Waals surface area contributed by atoms with Gasteiger partial charge in [-0.1, -0.05) is 0 Å². The minimum absolute atomic E-state index is 0.0351. The Kier molecular flexibility index (Phi) is 4.66. The summed E-state index contributed by atoms with van der Waals surface area (Å²) in [5, 5.41) is 4.96. The van der Waals surface area contributed by atoms with E-state index in [-0.39, 0.29) is 10.5 Å². The van der Waals surface area contributed by atoms with Gasteiger partial charge in [0.2, 0.25) is 15.9 Å². The van der Waals surface area contributed by atoms with Crippen LogP contribution in [0.2, 0.25) is 0 Å². The fraction of sp³-hybridized carbons (Fsp3) is 0.545. The van der Waals surface area contributed by atoms with Crippen LogP contribution in [0.4, 0.5) is 0 Å². The van der Waals surface area contributed by atoms with Crippen LogP contribution >= 0.6 is 0 Å². The van der Waals surface area contributed by atoms with Crippen molar-refractivity contribution < 1.29 is 17.9 Å². The molecule has 0 aliphatic heterocycles. The average molecular weight is 274 g/mol. The van der Waals surface area contributed by atoms with Gasteiger partial charge in [0.25, 0.3) is 0 Å². The van der Waals surface area contributed by atoms with E-state index in [1.165, 1.54) is 18.3 Å². The third-order valence-corrected chi connectivity index (χ3v) is 3.44. The van der Waals surface area contributed by atoms with Crippen LogP contribution in [0.15, 0.2) is 23.2 Å². The molecule has 0 amide bonds. The van der Waals surface area contributed by atoms with E-state index in [9.17, 15) is 8.42 Å². The number of primary sulfonamides is 1. The molecule has 0 saturated carbocycles. The molecule has 18 heavy (non-hydrogen) atoms. The fourth-order valence-electron chi connectivity index (χ4n) is 1.12. The van der Waals surface area contributed by atoms with Crippen LogP contribution in [0.1, 0.15) is 20.3 Å². The van der Waals surface area contributed by atoms with E-state index >= 15 is 0 Å². The lowest BCUT2D eigenvalue weighted by Gasteiger charge is -2.22. The summed E-state index contributed by atoms with van der Waals surface area (Å²) in [5.41, 5.74) is -0.263. The Morgan fingerprint density at radius 2 is 2.06 bits per heavy atom. The molecule has 0 aromatic carbocycles. The van der Waals surface area contributed by atoms with Gasteiger partial charge in [0, 0.05) is 19.6 Å². The Morgan fingerprint density at radius 3 is 2.50 bits per heavy atom. The van der Waals surface area contributed by atoms with Gasteiger partial charge < -0.3 is 9.47 Å². The predicted octanol–water partition coefficient (Wildman–Crippen LogP) is 0.923. The molecular weight excluding hydrogens is 256 g/mol. The molecule has 0 saturated heterocycles. The lowest BCUT2D eigenvalue weighted by Crippen LogP contribution is -2.25. The third-order valence-electron chi connectivity index (χ3n) is 2.54. The second-order valence-corrected chi connectivity index (χ2v) is 6.00. The smallest absolute Gasteiger partial charge is 0.239 e. The summed E-state index contributed by atoms with van der Waals surface area (Å²) in [7, 11) is -2.07. The molecule has 2 N–H and O–H groups in total. The zero-order valence-electron chi connectivity index (χ0n) is 10.7. The highest BCUT2D eigenvalue weighted by Gasteiger charge is 2.16. The van der Waals surface area contributed by atoms with Gasteiger partial charge in [-0.15, -0.1) is 0 Å². The molecule has 0 fully saturated rings. The fourth-order valence-corrected chi connectivity index (χ4v) is 1.58. The van der Waals surface area contributed by atoms with E-state index < -0.39 is 10.0 Å². The first-order valence-electron chi connectivity index (χ1n) is 5.41. The number of nitrogens with two attached hydrogens (primary N) is 1. The molecule has 0 unspecified atom stereocenters. The number of hydrogen-bond donors (Lipinski definition) is 1. The Labute approximate surface area is 107 Å². The highest BCUT2D eigenvalue weighted by molar-refractivity contribution is 7.89. The molecule has 6 nitrogen and oxygen atoms in total. The van der Waals surface area contributed by atoms with Crippen LogP contribution in [0, 0.1) is 0 Å². The highest BCUT2D eigenvalue weighted by atomic mass is 32.2. The summed E-state index contributed by atoms with van der Waals surface area (Å²) in [6.07, 6.45) is 1.87. The van der Waals surface area contributed by atoms with E-state index in [4.69, 9.17) is 14.6 Å². The summed E-state index contributed by atoms with van der Waals surface area (Å²) < 4.78 is 32.6. The normalized spacial score (nSPS) is 12.4. The van der Waals surface area contributed by atoms with Gasteiger partial charge in [0.15, 0.2) is 0 Å². The Bertz CT molecular complexity index is 482. The van der Waals surface area contributed by atoms with E-state index in [1.54, 1.807) is 7.11 Å². The van der Waals surface area contributed by atoms with Crippen molar-refractivity contribution in [1.82, 2.24) is 4.98 Å². The Hall–Kier alpha value is -1.18. The van der Waals surface area contributed by atoms with Crippen molar-refractivity contribution in [1.29, 1.82) is 0 Å². The first-order valence-corrected chi connectivity index (χ1v) is 6.96. The number of hydrogen-bond acceptors (Lipinski definition) is 5. The summed E-state index contributed by atoms with van der Waals surface area (Å²) in [4.78, 5) is 3.83. The van der Waals surface area contributed by atoms with Crippen LogP contribution in [0.3, 0.4) is 0 Å². The molecule has 0 aliphatic rings. The Balaban J connectivity index is 2.55. The monoisotopic (exact) mass is 274 g/mol. The minimum Gasteiger partial charge on any atom is -0.478 e. The number of pyridine rings is 1. The standard InChI is InChI=1S/C11H18N2O4S/c1-11(2,16-3)6-7-17-10-5-4-9(8-13-10)18(12,14)15/h4-5,8H,6-7H2,1-3H3,(H2,12,14,15). The number of sulfonamides is 1. The van der Waals surface area contributed by atoms with Gasteiger partial charge in [0.1, 0.15) is 4.90 Å². The number of rotatable bonds is 6. The lowest BCUT2D eigenvalue weighted by molar-refractivity contribution is 0.00508. The summed E-state index contributed by atoms with van der Waals surface area (Å²) in [5.74, 6) is 0.356. The van der Waals surface area contributed by atoms with E-state index in [2.05, 4.69) is 4.98 Å². The van der Waals surface area contributed by atoms with Gasteiger partial charge in [-0.05, 0) is 19.9 Å². The lowest BCUT2D eigenvalue weighted by atomic mass is 10.1. The van der Waals surface area contributed by atoms with Crippen LogP contribution in [0.25, 0.3) is 0 Å². The summed E-state index contributed by atoms with van der Waals surface area (Å²) in [6.45, 7) is 4.34. The highest BCUT2D eigenvalue weighted by Crippen LogP contribution is 2.15. The van der Waals surface area contributed by atoms with Crippen molar-refractivity contribution in [3.05, 3.63) is 18.3 Å². The molecule has 0 spiro atoms. The van der Waals surface area contributed by atoms with Gasteiger partial charge in [-0.25, -0.2) is 18.5 Å². The largest absolute Gasteiger partial charge is 0.478 e. The molecule has 0 aliphatic carbocycles. The van der Waals surface area contributed by atoms with E-state index in [0.717, 1.165) is 0 Å². The molecular formula is C11H18N2O4S. The summed E-state index contributed by atoms with van der Waals surface area (Å²) >= 11 is 0. The van der Waals surface area contributed by atoms with E-state index in [1.807, 2.05) is 13.8 Å². The molecule has 7 heteroatoms. The van der Waals surface area contributed by atoms with Crippen LogP contribution in [-0.4, -0.2) is 32.7 Å². The molecule has 1 aromatic heterocycles. The number of methoxy groups -OCH3 is 1. The molecule has 1 rings (SSSR count). The van der Waals surface area contributed by atoms with Crippen molar-refractivity contribution in [2.75, 3.05) is 13.7 Å². The zero-order valence-corrected chi connectivity index (χ0v) is 11.5. The van der Waals surface area contributed by atoms with Crippen LogP contribution in [0.5, 0.6) is 5.88 Å². The van der Waals surface area contributed by atoms with Gasteiger partial charge in [-0.2, -0.15) is 0 Å². The van der Waals surface area contributed by atoms with Crippen molar-refractivity contribution in [3.8, 4) is 5.88 Å². The molecule has 1 aromatic rings. The molecule has 1 heterocycles. The second kappa shape index (κ2) is 5.64. The minimum atomic E-state index is -3.71. The maximum absolute atomic E-state index is 11.0. The van der Waals surface area contributed by atoms with Crippen LogP contribution < -0.4 is 9.88 Å². The topological polar surface area (TPSA) is 91.5 Å². The van der Waals surface area contributed by atoms with Crippen molar-refractivity contribution in [3.63, 3.8) is 0 Å². The quantitative estimate of drug-likeness (QED) is 0.833. The maximum Gasteiger partial charge on any atom is 0.239 e. The van der Waals surface area contributed by atoms with Gasteiger partial charge in [0.05, 0.1) is 18.4 Å². The molecule has 0 radical (unpaired) electrons. The van der Waals surface area contributed by atoms with Crippen molar-refractivity contribution in [2.24, 2.45) is 5.14 Å². The summed E-state index contributed by atoms with van der Waals surface area (Å²) in [6, 6.07) is 2.83. The SMILES string of the molecule is COC(C)(C)CCOc1ccc(S(N)(=O)=O)cn1. The average Bonchev–Trinajstić information content (AvgIpc) is 2.28. The molecule has 0 bridgehead atoms. The predicted molar refractivity (Wildman–Crippen MR) is 66.8 cm³/mol. The molecule has 0 atom stereocenters. The first kappa shape index (κ1) is 14.9. The van der Waals surface area contributed by atoms with E-state index in [0.29, 0.717) is 18.9 Å². The Morgan fingerprint density at radius 1 is 1.39 bits per heavy atom. The first-order chi connectivity index (χ1) is 8.24. The number of ether oxygens (including phenoxy) is 2. The third kappa shape index (κ3) is 4.59. The van der Waals surface area contributed by atoms with Gasteiger partial charge >= 0.3 is 0 Å². The van der Waals surface area contributed by atoms with Crippen molar-refractivity contribution in [2.45, 2.75) is 30.8 Å².